The largest absolute Gasteiger partial charge is 0.480 e. The van der Waals surface area contributed by atoms with Gasteiger partial charge in [0.2, 0.25) is 5.91 Å². The van der Waals surface area contributed by atoms with E-state index < -0.39 is 34.0 Å². The fraction of sp³-hybridized carbons (Fsp3) is 0.429. The van der Waals surface area contributed by atoms with Gasteiger partial charge in [-0.2, -0.15) is 0 Å². The molecular weight excluding hydrogens is 322 g/mol. The predicted octanol–water partition coefficient (Wildman–Crippen LogP) is -0.627. The SMILES string of the molecule is C[C@@H](O)[C@H]1C(=O)N2CC(C(=O)O)(c3cccnc3C(N)=O)S[C@H]12. The van der Waals surface area contributed by atoms with Crippen molar-refractivity contribution in [2.45, 2.75) is 23.1 Å². The first kappa shape index (κ1) is 15.8. The van der Waals surface area contributed by atoms with Crippen LogP contribution in [0.4, 0.5) is 0 Å². The van der Waals surface area contributed by atoms with Crippen molar-refractivity contribution in [3.63, 3.8) is 0 Å². The van der Waals surface area contributed by atoms with Gasteiger partial charge in [0.15, 0.2) is 4.75 Å². The molecule has 0 spiro atoms. The van der Waals surface area contributed by atoms with Crippen molar-refractivity contribution < 1.29 is 24.6 Å². The van der Waals surface area contributed by atoms with Gasteiger partial charge >= 0.3 is 5.97 Å². The number of aliphatic hydroxyl groups excluding tert-OH is 1. The van der Waals surface area contributed by atoms with Crippen molar-refractivity contribution in [3.8, 4) is 0 Å². The second-order valence-electron chi connectivity index (χ2n) is 5.64. The van der Waals surface area contributed by atoms with E-state index in [2.05, 4.69) is 4.98 Å². The molecule has 23 heavy (non-hydrogen) atoms. The highest BCUT2D eigenvalue weighted by atomic mass is 32.2. The zero-order valence-electron chi connectivity index (χ0n) is 12.2. The van der Waals surface area contributed by atoms with Crippen molar-refractivity contribution in [1.29, 1.82) is 0 Å². The number of hydrogen-bond acceptors (Lipinski definition) is 6. The Kier molecular flexibility index (Phi) is 3.56. The van der Waals surface area contributed by atoms with E-state index in [0.29, 0.717) is 0 Å². The Labute approximate surface area is 135 Å². The Hall–Kier alpha value is -2.13. The maximum absolute atomic E-state index is 12.1. The molecule has 2 amide bonds. The number of pyridine rings is 1. The number of amides is 2. The number of rotatable bonds is 4. The van der Waals surface area contributed by atoms with Crippen LogP contribution in [0.2, 0.25) is 0 Å². The lowest BCUT2D eigenvalue weighted by molar-refractivity contribution is -0.156. The van der Waals surface area contributed by atoms with Gasteiger partial charge < -0.3 is 20.8 Å². The van der Waals surface area contributed by atoms with Gasteiger partial charge in [0.1, 0.15) is 5.69 Å². The van der Waals surface area contributed by atoms with Crippen LogP contribution < -0.4 is 5.73 Å². The van der Waals surface area contributed by atoms with Crippen LogP contribution in [0.1, 0.15) is 23.0 Å². The van der Waals surface area contributed by atoms with Crippen molar-refractivity contribution in [3.05, 3.63) is 29.6 Å². The van der Waals surface area contributed by atoms with E-state index in [4.69, 9.17) is 5.73 Å². The van der Waals surface area contributed by atoms with Crippen molar-refractivity contribution in [1.82, 2.24) is 9.88 Å². The summed E-state index contributed by atoms with van der Waals surface area (Å²) in [5.74, 6) is -2.93. The van der Waals surface area contributed by atoms with Crippen molar-refractivity contribution in [2.75, 3.05) is 6.54 Å². The minimum absolute atomic E-state index is 0.0916. The number of nitrogens with zero attached hydrogens (tertiary/aromatic N) is 2. The average molecular weight is 337 g/mol. The van der Waals surface area contributed by atoms with E-state index in [-0.39, 0.29) is 23.7 Å². The first-order valence-corrected chi connectivity index (χ1v) is 7.82. The lowest BCUT2D eigenvalue weighted by Crippen LogP contribution is -2.60. The Balaban J connectivity index is 2.07. The molecule has 4 N–H and O–H groups in total. The molecular formula is C14H15N3O5S. The first-order chi connectivity index (χ1) is 10.8. The van der Waals surface area contributed by atoms with Crippen LogP contribution in [-0.2, 0) is 14.3 Å². The molecule has 0 saturated carbocycles. The number of aromatic nitrogens is 1. The minimum atomic E-state index is -1.53. The number of carbonyl (C=O) groups is 3. The van der Waals surface area contributed by atoms with Gasteiger partial charge in [0.05, 0.1) is 23.9 Å². The maximum atomic E-state index is 12.1. The first-order valence-electron chi connectivity index (χ1n) is 6.94. The summed E-state index contributed by atoms with van der Waals surface area (Å²) < 4.78 is -1.53. The summed E-state index contributed by atoms with van der Waals surface area (Å²) in [6, 6.07) is 3.01. The van der Waals surface area contributed by atoms with E-state index >= 15 is 0 Å². The highest BCUT2D eigenvalue weighted by molar-refractivity contribution is 8.02. The molecule has 2 aliphatic rings. The summed E-state index contributed by atoms with van der Waals surface area (Å²) in [4.78, 5) is 41.0. The summed E-state index contributed by atoms with van der Waals surface area (Å²) in [6.07, 6.45) is 0.488. The van der Waals surface area contributed by atoms with Gasteiger partial charge in [-0.1, -0.05) is 6.07 Å². The highest BCUT2D eigenvalue weighted by Gasteiger charge is 2.64. The lowest BCUT2D eigenvalue weighted by Gasteiger charge is -2.42. The highest BCUT2D eigenvalue weighted by Crippen LogP contribution is 2.55. The number of aliphatic carboxylic acids is 1. The number of aliphatic hydroxyl groups is 1. The quantitative estimate of drug-likeness (QED) is 0.623. The van der Waals surface area contributed by atoms with Gasteiger partial charge in [-0.3, -0.25) is 19.4 Å². The lowest BCUT2D eigenvalue weighted by atomic mass is 9.89. The van der Waals surface area contributed by atoms with Crippen LogP contribution in [0.25, 0.3) is 0 Å². The van der Waals surface area contributed by atoms with E-state index in [1.165, 1.54) is 30.2 Å². The third-order valence-corrected chi connectivity index (χ3v) is 5.95. The summed E-state index contributed by atoms with van der Waals surface area (Å²) in [5, 5.41) is 19.1. The Morgan fingerprint density at radius 2 is 2.26 bits per heavy atom. The maximum Gasteiger partial charge on any atom is 0.326 e. The van der Waals surface area contributed by atoms with E-state index in [0.717, 1.165) is 11.8 Å². The summed E-state index contributed by atoms with van der Waals surface area (Å²) >= 11 is 1.04. The molecule has 9 heteroatoms. The second-order valence-corrected chi connectivity index (χ2v) is 7.05. The summed E-state index contributed by atoms with van der Waals surface area (Å²) in [6.45, 7) is 1.41. The minimum Gasteiger partial charge on any atom is -0.480 e. The zero-order chi connectivity index (χ0) is 16.9. The van der Waals surface area contributed by atoms with Crippen LogP contribution in [0.15, 0.2) is 18.3 Å². The van der Waals surface area contributed by atoms with Gasteiger partial charge in [-0.05, 0) is 13.0 Å². The third kappa shape index (κ3) is 2.11. The third-order valence-electron chi connectivity index (χ3n) is 4.24. The predicted molar refractivity (Wildman–Crippen MR) is 80.3 cm³/mol. The number of fused-ring (bicyclic) bond motifs is 1. The molecule has 0 aromatic carbocycles. The second kappa shape index (κ2) is 5.20. The molecule has 2 saturated heterocycles. The van der Waals surface area contributed by atoms with E-state index in [9.17, 15) is 24.6 Å². The topological polar surface area (TPSA) is 134 Å². The van der Waals surface area contributed by atoms with Crippen molar-refractivity contribution >= 4 is 29.5 Å². The molecule has 0 aliphatic carbocycles. The molecule has 8 nitrogen and oxygen atoms in total. The van der Waals surface area contributed by atoms with Crippen molar-refractivity contribution in [2.24, 2.45) is 11.7 Å². The van der Waals surface area contributed by atoms with Crippen LogP contribution in [0, 0.1) is 5.92 Å². The van der Waals surface area contributed by atoms with Gasteiger partial charge in [0, 0.05) is 11.8 Å². The molecule has 3 heterocycles. The molecule has 0 radical (unpaired) electrons. The molecule has 2 aliphatic heterocycles. The summed E-state index contributed by atoms with van der Waals surface area (Å²) in [7, 11) is 0. The number of nitrogens with two attached hydrogens (primary N) is 1. The number of carboxylic acids is 1. The number of primary amides is 1. The fourth-order valence-corrected chi connectivity index (χ4v) is 4.91. The normalized spacial score (nSPS) is 30.5. The molecule has 1 unspecified atom stereocenters. The standard InChI is InChI=1S/C14H15N3O5S/c1-6(18)8-11(20)17-5-14(13(21)22,23-12(8)17)7-3-2-4-16-9(7)10(15)19/h2-4,6,8,12,18H,5H2,1H3,(H2,15,19)(H,21,22)/t6-,8+,12-,14?/m1/s1. The number of carboxylic acid groups (broad SMARTS) is 1. The van der Waals surface area contributed by atoms with Gasteiger partial charge in [-0.15, -0.1) is 11.8 Å². The Morgan fingerprint density at radius 1 is 1.57 bits per heavy atom. The molecule has 0 bridgehead atoms. The van der Waals surface area contributed by atoms with Crippen LogP contribution in [0.5, 0.6) is 0 Å². The van der Waals surface area contributed by atoms with Crippen LogP contribution >= 0.6 is 11.8 Å². The Bertz CT molecular complexity index is 709. The number of carbonyl (C=O) groups excluding carboxylic acids is 2. The summed E-state index contributed by atoms with van der Waals surface area (Å²) in [5.41, 5.74) is 5.36. The average Bonchev–Trinajstić information content (AvgIpc) is 2.83. The monoisotopic (exact) mass is 337 g/mol. The smallest absolute Gasteiger partial charge is 0.326 e. The number of hydrogen-bond donors (Lipinski definition) is 3. The molecule has 1 aromatic rings. The molecule has 1 aromatic heterocycles. The number of β-lactam (4-membered cyclic amide) rings is 1. The van der Waals surface area contributed by atoms with Crippen LogP contribution in [-0.4, -0.2) is 55.9 Å². The van der Waals surface area contributed by atoms with E-state index in [1.807, 2.05) is 0 Å². The number of thioether (sulfide) groups is 1. The fourth-order valence-electron chi connectivity index (χ4n) is 3.09. The molecule has 2 fully saturated rings. The van der Waals surface area contributed by atoms with Gasteiger partial charge in [0.25, 0.3) is 5.91 Å². The molecule has 3 rings (SSSR count). The zero-order valence-corrected chi connectivity index (χ0v) is 13.0. The van der Waals surface area contributed by atoms with Crippen LogP contribution in [0.3, 0.4) is 0 Å². The van der Waals surface area contributed by atoms with Gasteiger partial charge in [-0.25, -0.2) is 0 Å². The molecule has 122 valence electrons. The Morgan fingerprint density at radius 3 is 2.83 bits per heavy atom. The molecule has 4 atom stereocenters. The van der Waals surface area contributed by atoms with E-state index in [1.54, 1.807) is 0 Å².